The minimum atomic E-state index is -1.39. The van der Waals surface area contributed by atoms with Crippen molar-refractivity contribution in [3.8, 4) is 0 Å². The fraction of sp³-hybridized carbons (Fsp3) is 0.769. The Morgan fingerprint density at radius 3 is 2.48 bits per heavy atom. The lowest BCUT2D eigenvalue weighted by Crippen LogP contribution is -2.52. The number of rotatable bonds is 5. The zero-order valence-corrected chi connectivity index (χ0v) is 13.4. The Labute approximate surface area is 126 Å². The lowest BCUT2D eigenvalue weighted by molar-refractivity contribution is -0.149. The van der Waals surface area contributed by atoms with Gasteiger partial charge in [-0.3, -0.25) is 4.90 Å². The van der Waals surface area contributed by atoms with Crippen molar-refractivity contribution in [2.24, 2.45) is 4.40 Å². The molecule has 2 N–H and O–H groups in total. The molecule has 0 aromatic rings. The standard InChI is InChI=1S/C13H22N2O5S/c1-12(2,3)21(20)14-8-4-6-13(10(16)17)7-5-9-15(13)11(18)19/h8H,4-7,9H2,1-3H3,(H,16,17)(H,18,19)/t13-,21?/m0/s1. The summed E-state index contributed by atoms with van der Waals surface area (Å²) in [7, 11) is -1.39. The van der Waals surface area contributed by atoms with Gasteiger partial charge in [-0.05, 0) is 46.5 Å². The van der Waals surface area contributed by atoms with E-state index >= 15 is 0 Å². The van der Waals surface area contributed by atoms with Crippen LogP contribution in [0.1, 0.15) is 46.5 Å². The first kappa shape index (κ1) is 17.6. The van der Waals surface area contributed by atoms with E-state index in [-0.39, 0.29) is 19.4 Å². The van der Waals surface area contributed by atoms with Crippen molar-refractivity contribution in [3.05, 3.63) is 0 Å². The number of carboxylic acid groups (broad SMARTS) is 2. The molecule has 1 unspecified atom stereocenters. The van der Waals surface area contributed by atoms with Gasteiger partial charge in [-0.1, -0.05) is 0 Å². The molecule has 0 aliphatic carbocycles. The zero-order valence-electron chi connectivity index (χ0n) is 12.5. The second-order valence-electron chi connectivity index (χ2n) is 6.06. The smallest absolute Gasteiger partial charge is 0.408 e. The van der Waals surface area contributed by atoms with Crippen molar-refractivity contribution in [2.45, 2.75) is 56.7 Å². The average molecular weight is 318 g/mol. The summed E-state index contributed by atoms with van der Waals surface area (Å²) in [5, 5.41) is 18.5. The highest BCUT2D eigenvalue weighted by Crippen LogP contribution is 2.33. The van der Waals surface area contributed by atoms with Crippen LogP contribution in [0.25, 0.3) is 0 Å². The van der Waals surface area contributed by atoms with E-state index in [4.69, 9.17) is 5.11 Å². The van der Waals surface area contributed by atoms with Gasteiger partial charge < -0.3 is 10.2 Å². The zero-order chi connectivity index (χ0) is 16.3. The Balaban J connectivity index is 2.74. The van der Waals surface area contributed by atoms with Crippen LogP contribution in [0.3, 0.4) is 0 Å². The summed E-state index contributed by atoms with van der Waals surface area (Å²) in [6.45, 7) is 5.61. The molecule has 1 aliphatic heterocycles. The van der Waals surface area contributed by atoms with Gasteiger partial charge in [-0.2, -0.15) is 4.40 Å². The average Bonchev–Trinajstić information content (AvgIpc) is 2.78. The predicted molar refractivity (Wildman–Crippen MR) is 80.0 cm³/mol. The van der Waals surface area contributed by atoms with Crippen LogP contribution >= 0.6 is 0 Å². The number of hydrogen-bond acceptors (Lipinski definition) is 3. The van der Waals surface area contributed by atoms with Crippen LogP contribution in [0, 0.1) is 0 Å². The summed E-state index contributed by atoms with van der Waals surface area (Å²) in [4.78, 5) is 23.7. The first-order chi connectivity index (χ1) is 9.61. The molecular weight excluding hydrogens is 296 g/mol. The third kappa shape index (κ3) is 4.03. The second-order valence-corrected chi connectivity index (χ2v) is 8.00. The molecule has 0 radical (unpaired) electrons. The summed E-state index contributed by atoms with van der Waals surface area (Å²) in [5.74, 6) is -1.13. The molecule has 1 rings (SSSR count). The maximum absolute atomic E-state index is 11.7. The van der Waals surface area contributed by atoms with Gasteiger partial charge in [0.15, 0.2) is 0 Å². The number of aliphatic carboxylic acids is 1. The van der Waals surface area contributed by atoms with Crippen molar-refractivity contribution < 1.29 is 24.0 Å². The third-order valence-electron chi connectivity index (χ3n) is 3.50. The van der Waals surface area contributed by atoms with Gasteiger partial charge in [-0.25, -0.2) is 13.8 Å². The highest BCUT2D eigenvalue weighted by atomic mass is 32.2. The van der Waals surface area contributed by atoms with Crippen LogP contribution in [-0.2, 0) is 15.8 Å². The lowest BCUT2D eigenvalue weighted by atomic mass is 9.91. The minimum absolute atomic E-state index is 0.138. The Hall–Kier alpha value is -1.44. The Morgan fingerprint density at radius 2 is 2.00 bits per heavy atom. The molecular formula is C13H22N2O5S. The molecule has 1 heterocycles. The molecule has 0 saturated carbocycles. The van der Waals surface area contributed by atoms with E-state index in [1.807, 2.05) is 0 Å². The highest BCUT2D eigenvalue weighted by molar-refractivity contribution is 7.85. The predicted octanol–water partition coefficient (Wildman–Crippen LogP) is 1.90. The van der Waals surface area contributed by atoms with Crippen LogP contribution in [0.15, 0.2) is 4.40 Å². The molecule has 1 saturated heterocycles. The lowest BCUT2D eigenvalue weighted by Gasteiger charge is -2.32. The van der Waals surface area contributed by atoms with Crippen molar-refractivity contribution in [1.82, 2.24) is 4.90 Å². The largest absolute Gasteiger partial charge is 0.479 e. The molecule has 1 aliphatic rings. The van der Waals surface area contributed by atoms with E-state index in [1.54, 1.807) is 20.8 Å². The fourth-order valence-corrected chi connectivity index (χ4v) is 2.89. The molecule has 120 valence electrons. The normalized spacial score (nSPS) is 24.4. The van der Waals surface area contributed by atoms with Crippen molar-refractivity contribution in [3.63, 3.8) is 0 Å². The molecule has 0 bridgehead atoms. The molecule has 8 heteroatoms. The summed E-state index contributed by atoms with van der Waals surface area (Å²) >= 11 is 0. The van der Waals surface area contributed by atoms with E-state index in [1.165, 1.54) is 6.21 Å². The summed E-state index contributed by atoms with van der Waals surface area (Å²) in [6.07, 6.45) is 1.46. The summed E-state index contributed by atoms with van der Waals surface area (Å²) in [5.41, 5.74) is -1.39. The fourth-order valence-electron chi connectivity index (χ4n) is 2.33. The molecule has 0 spiro atoms. The first-order valence-electron chi connectivity index (χ1n) is 6.80. The number of nitrogens with zero attached hydrogens (tertiary/aromatic N) is 2. The Morgan fingerprint density at radius 1 is 1.38 bits per heavy atom. The van der Waals surface area contributed by atoms with Gasteiger partial charge in [0.25, 0.3) is 0 Å². The van der Waals surface area contributed by atoms with E-state index in [9.17, 15) is 18.9 Å². The van der Waals surface area contributed by atoms with Crippen LogP contribution < -0.4 is 0 Å². The van der Waals surface area contributed by atoms with Crippen LogP contribution in [0.4, 0.5) is 4.79 Å². The monoisotopic (exact) mass is 318 g/mol. The van der Waals surface area contributed by atoms with E-state index in [0.717, 1.165) is 4.90 Å². The molecule has 7 nitrogen and oxygen atoms in total. The highest BCUT2D eigenvalue weighted by Gasteiger charge is 2.49. The Bertz CT molecular complexity index is 472. The molecule has 2 atom stereocenters. The van der Waals surface area contributed by atoms with Gasteiger partial charge in [0, 0.05) is 12.8 Å². The van der Waals surface area contributed by atoms with Crippen molar-refractivity contribution in [2.75, 3.05) is 6.54 Å². The molecule has 0 aromatic carbocycles. The van der Waals surface area contributed by atoms with Gasteiger partial charge in [-0.15, -0.1) is 0 Å². The summed E-state index contributed by atoms with van der Waals surface area (Å²) in [6, 6.07) is 0. The molecule has 21 heavy (non-hydrogen) atoms. The van der Waals surface area contributed by atoms with Gasteiger partial charge >= 0.3 is 12.1 Å². The maximum Gasteiger partial charge on any atom is 0.408 e. The van der Waals surface area contributed by atoms with Crippen LogP contribution in [-0.4, -0.2) is 54.4 Å². The first-order valence-corrected chi connectivity index (χ1v) is 7.90. The number of carboxylic acids is 1. The summed E-state index contributed by atoms with van der Waals surface area (Å²) < 4.78 is 15.2. The van der Waals surface area contributed by atoms with Crippen LogP contribution in [0.2, 0.25) is 0 Å². The number of hydrogen-bond donors (Lipinski definition) is 2. The molecule has 0 aromatic heterocycles. The van der Waals surface area contributed by atoms with Crippen molar-refractivity contribution in [1.29, 1.82) is 0 Å². The minimum Gasteiger partial charge on any atom is -0.479 e. The SMILES string of the molecule is CC(C)(C)S(=O)N=CCC[C@@]1(C(=O)O)CCCN1C(=O)O. The number of likely N-dealkylation sites (tertiary alicyclic amines) is 1. The van der Waals surface area contributed by atoms with E-state index in [2.05, 4.69) is 4.40 Å². The third-order valence-corrected chi connectivity index (χ3v) is 4.89. The quantitative estimate of drug-likeness (QED) is 0.753. The van der Waals surface area contributed by atoms with Crippen molar-refractivity contribution >= 4 is 29.3 Å². The van der Waals surface area contributed by atoms with Gasteiger partial charge in [0.2, 0.25) is 0 Å². The molecule has 1 amide bonds. The van der Waals surface area contributed by atoms with Crippen LogP contribution in [0.5, 0.6) is 0 Å². The Kier molecular flexibility index (Phi) is 5.49. The molecule has 1 fully saturated rings. The van der Waals surface area contributed by atoms with E-state index < -0.39 is 33.3 Å². The van der Waals surface area contributed by atoms with Gasteiger partial charge in [0.05, 0.1) is 4.75 Å². The van der Waals surface area contributed by atoms with Gasteiger partial charge in [0.1, 0.15) is 16.5 Å². The second kappa shape index (κ2) is 6.55. The number of amides is 1. The topological polar surface area (TPSA) is 107 Å². The number of carbonyl (C=O) groups is 2. The maximum atomic E-state index is 11.7. The van der Waals surface area contributed by atoms with E-state index in [0.29, 0.717) is 12.8 Å².